The smallest absolute Gasteiger partial charge is 0.280 e. The maximum absolute atomic E-state index is 12.8. The van der Waals surface area contributed by atoms with Crippen LogP contribution in [0.3, 0.4) is 0 Å². The molecule has 0 aliphatic carbocycles. The summed E-state index contributed by atoms with van der Waals surface area (Å²) in [5, 5.41) is 7.89. The van der Waals surface area contributed by atoms with Crippen LogP contribution in [0.1, 0.15) is 30.9 Å². The van der Waals surface area contributed by atoms with E-state index in [1.54, 1.807) is 18.2 Å². The number of ether oxygens (including phenoxy) is 1. The Morgan fingerprint density at radius 2 is 2.00 bits per heavy atom. The zero-order valence-electron chi connectivity index (χ0n) is 16.9. The van der Waals surface area contributed by atoms with Crippen molar-refractivity contribution >= 4 is 45.7 Å². The largest absolute Gasteiger partial charge is 0.377 e. The number of fused-ring (bicyclic) bond motifs is 2. The Balaban J connectivity index is 1.25. The van der Waals surface area contributed by atoms with E-state index in [2.05, 4.69) is 32.5 Å². The summed E-state index contributed by atoms with van der Waals surface area (Å²) >= 11 is 7.46. The molecule has 5 rings (SSSR count). The van der Waals surface area contributed by atoms with Crippen molar-refractivity contribution in [2.75, 3.05) is 26.8 Å². The Labute approximate surface area is 187 Å². The molecule has 10 heteroatoms. The number of nitrogens with one attached hydrogen (secondary N) is 3. The van der Waals surface area contributed by atoms with Gasteiger partial charge in [0.25, 0.3) is 11.8 Å². The molecule has 1 saturated heterocycles. The number of rotatable bonds is 4. The number of halogens is 1. The van der Waals surface area contributed by atoms with Crippen molar-refractivity contribution in [1.82, 2.24) is 25.5 Å². The van der Waals surface area contributed by atoms with Gasteiger partial charge in [-0.1, -0.05) is 11.6 Å². The fraction of sp³-hybridized carbons (Fsp3) is 0.381. The van der Waals surface area contributed by atoms with Gasteiger partial charge in [0.2, 0.25) is 0 Å². The van der Waals surface area contributed by atoms with Crippen molar-refractivity contribution < 1.29 is 14.3 Å². The molecule has 31 heavy (non-hydrogen) atoms. The predicted octanol–water partition coefficient (Wildman–Crippen LogP) is 2.19. The van der Waals surface area contributed by atoms with Crippen molar-refractivity contribution in [3.63, 3.8) is 0 Å². The SMILES string of the molecule is CN1CCc2nc(C(=O)NC3COC[C@@H]3NC(=O)c3cc4cc(Cl)ccc4[nH]3)sc2C1. The summed E-state index contributed by atoms with van der Waals surface area (Å²) in [5.74, 6) is -0.480. The molecule has 0 radical (unpaired) electrons. The highest BCUT2D eigenvalue weighted by atomic mass is 35.5. The molecule has 0 saturated carbocycles. The lowest BCUT2D eigenvalue weighted by Gasteiger charge is -2.20. The third-order valence-electron chi connectivity index (χ3n) is 5.66. The Kier molecular flexibility index (Phi) is 5.43. The Hall–Kier alpha value is -2.46. The van der Waals surface area contributed by atoms with Crippen molar-refractivity contribution in [3.8, 4) is 0 Å². The summed E-state index contributed by atoms with van der Waals surface area (Å²) in [5.41, 5.74) is 2.28. The van der Waals surface area contributed by atoms with Gasteiger partial charge in [0.15, 0.2) is 5.01 Å². The van der Waals surface area contributed by atoms with Gasteiger partial charge < -0.3 is 25.3 Å². The lowest BCUT2D eigenvalue weighted by molar-refractivity contribution is 0.0894. The van der Waals surface area contributed by atoms with Gasteiger partial charge in [-0.15, -0.1) is 11.3 Å². The van der Waals surface area contributed by atoms with Crippen LogP contribution in [0.5, 0.6) is 0 Å². The number of hydrogen-bond donors (Lipinski definition) is 3. The number of H-pyrrole nitrogens is 1. The lowest BCUT2D eigenvalue weighted by atomic mass is 10.1. The molecule has 0 bridgehead atoms. The molecule has 3 N–H and O–H groups in total. The second-order valence-corrected chi connectivity index (χ2v) is 9.51. The first kappa shape index (κ1) is 20.4. The number of benzene rings is 1. The number of hydrogen-bond acceptors (Lipinski definition) is 6. The van der Waals surface area contributed by atoms with Crippen LogP contribution in [0.4, 0.5) is 0 Å². The first-order chi connectivity index (χ1) is 15.0. The Morgan fingerprint density at radius 3 is 2.81 bits per heavy atom. The number of aromatic nitrogens is 2. The second kappa shape index (κ2) is 8.23. The minimum atomic E-state index is -0.327. The monoisotopic (exact) mass is 459 g/mol. The highest BCUT2D eigenvalue weighted by Gasteiger charge is 2.32. The zero-order chi connectivity index (χ0) is 21.5. The molecular formula is C21H22ClN5O3S. The minimum Gasteiger partial charge on any atom is -0.377 e. The third-order valence-corrected chi connectivity index (χ3v) is 6.97. The van der Waals surface area contributed by atoms with Gasteiger partial charge in [-0.25, -0.2) is 4.98 Å². The van der Waals surface area contributed by atoms with Crippen LogP contribution in [0.15, 0.2) is 24.3 Å². The van der Waals surface area contributed by atoms with E-state index in [1.165, 1.54) is 11.3 Å². The van der Waals surface area contributed by atoms with Crippen LogP contribution >= 0.6 is 22.9 Å². The fourth-order valence-electron chi connectivity index (χ4n) is 3.96. The van der Waals surface area contributed by atoms with Crippen LogP contribution in [0.2, 0.25) is 5.02 Å². The molecule has 8 nitrogen and oxygen atoms in total. The molecule has 2 amide bonds. The molecule has 2 aliphatic heterocycles. The molecule has 162 valence electrons. The standard InChI is InChI=1S/C21H22ClN5O3S/c1-27-5-4-14-18(8-27)31-21(26-14)20(29)25-17-10-30-9-16(17)24-19(28)15-7-11-6-12(22)2-3-13(11)23-15/h2-3,6-7,16-17,23H,4-5,8-10H2,1H3,(H,24,28)(H,25,29)/t16-,17?/m0/s1. The number of nitrogens with zero attached hydrogens (tertiary/aromatic N) is 2. The molecule has 1 aromatic carbocycles. The van der Waals surface area contributed by atoms with Gasteiger partial charge in [0, 0.05) is 40.3 Å². The number of thiazole rings is 1. The maximum atomic E-state index is 12.8. The Morgan fingerprint density at radius 1 is 1.23 bits per heavy atom. The van der Waals surface area contributed by atoms with Gasteiger partial charge in [-0.3, -0.25) is 9.59 Å². The maximum Gasteiger partial charge on any atom is 0.280 e. The first-order valence-electron chi connectivity index (χ1n) is 10.1. The number of aromatic amines is 1. The van der Waals surface area contributed by atoms with Crippen LogP contribution < -0.4 is 10.6 Å². The molecule has 1 fully saturated rings. The van der Waals surface area contributed by atoms with Crippen molar-refractivity contribution in [2.45, 2.75) is 25.0 Å². The van der Waals surface area contributed by atoms with Gasteiger partial charge in [-0.05, 0) is 31.3 Å². The quantitative estimate of drug-likeness (QED) is 0.555. The van der Waals surface area contributed by atoms with E-state index in [4.69, 9.17) is 16.3 Å². The highest BCUT2D eigenvalue weighted by molar-refractivity contribution is 7.13. The molecular weight excluding hydrogens is 438 g/mol. The van der Waals surface area contributed by atoms with E-state index in [-0.39, 0.29) is 23.9 Å². The fourth-order valence-corrected chi connectivity index (χ4v) is 5.23. The summed E-state index contributed by atoms with van der Waals surface area (Å²) in [7, 11) is 2.06. The van der Waals surface area contributed by atoms with Gasteiger partial charge in [0.1, 0.15) is 5.69 Å². The van der Waals surface area contributed by atoms with Crippen LogP contribution in [0, 0.1) is 0 Å². The summed E-state index contributed by atoms with van der Waals surface area (Å²) in [6, 6.07) is 6.52. The normalized spacial score (nSPS) is 21.2. The summed E-state index contributed by atoms with van der Waals surface area (Å²) < 4.78 is 5.53. The predicted molar refractivity (Wildman–Crippen MR) is 119 cm³/mol. The number of carbonyl (C=O) groups is 2. The molecule has 2 aliphatic rings. The Bertz CT molecular complexity index is 1160. The van der Waals surface area contributed by atoms with Crippen molar-refractivity contribution in [1.29, 1.82) is 0 Å². The average molecular weight is 460 g/mol. The van der Waals surface area contributed by atoms with E-state index in [0.29, 0.717) is 28.9 Å². The zero-order valence-corrected chi connectivity index (χ0v) is 18.5. The minimum absolute atomic E-state index is 0.225. The van der Waals surface area contributed by atoms with E-state index in [1.807, 2.05) is 6.07 Å². The van der Waals surface area contributed by atoms with Gasteiger partial charge in [0.05, 0.1) is 31.0 Å². The summed E-state index contributed by atoms with van der Waals surface area (Å²) in [4.78, 5) is 36.5. The van der Waals surface area contributed by atoms with Crippen LogP contribution in [0.25, 0.3) is 10.9 Å². The molecule has 0 spiro atoms. The second-order valence-electron chi connectivity index (χ2n) is 7.99. The topological polar surface area (TPSA) is 99.3 Å². The molecule has 4 heterocycles. The average Bonchev–Trinajstić information content (AvgIpc) is 3.45. The third kappa shape index (κ3) is 4.18. The number of amides is 2. The number of likely N-dealkylation sites (N-methyl/N-ethyl adjacent to an activating group) is 1. The molecule has 1 unspecified atom stereocenters. The number of carbonyl (C=O) groups excluding carboxylic acids is 2. The molecule has 2 atom stereocenters. The summed E-state index contributed by atoms with van der Waals surface area (Å²) in [6.07, 6.45) is 0.858. The van der Waals surface area contributed by atoms with Crippen LogP contribution in [-0.2, 0) is 17.7 Å². The van der Waals surface area contributed by atoms with E-state index in [9.17, 15) is 9.59 Å². The lowest BCUT2D eigenvalue weighted by Crippen LogP contribution is -2.51. The van der Waals surface area contributed by atoms with E-state index < -0.39 is 0 Å². The highest BCUT2D eigenvalue weighted by Crippen LogP contribution is 2.25. The van der Waals surface area contributed by atoms with E-state index in [0.717, 1.165) is 41.0 Å². The van der Waals surface area contributed by atoms with Crippen LogP contribution in [-0.4, -0.2) is 65.6 Å². The summed E-state index contributed by atoms with van der Waals surface area (Å²) in [6.45, 7) is 2.44. The molecule has 2 aromatic heterocycles. The van der Waals surface area contributed by atoms with Gasteiger partial charge in [-0.2, -0.15) is 0 Å². The van der Waals surface area contributed by atoms with E-state index >= 15 is 0 Å². The van der Waals surface area contributed by atoms with Crippen molar-refractivity contribution in [2.24, 2.45) is 0 Å². The van der Waals surface area contributed by atoms with Gasteiger partial charge >= 0.3 is 0 Å². The first-order valence-corrected chi connectivity index (χ1v) is 11.3. The molecule has 3 aromatic rings. The van der Waals surface area contributed by atoms with Crippen molar-refractivity contribution in [3.05, 3.63) is 50.6 Å².